The lowest BCUT2D eigenvalue weighted by atomic mass is 10.1. The predicted molar refractivity (Wildman–Crippen MR) is 155 cm³/mol. The third kappa shape index (κ3) is 6.03. The Morgan fingerprint density at radius 3 is 2.42 bits per heavy atom. The van der Waals surface area contributed by atoms with Crippen molar-refractivity contribution in [2.24, 2.45) is 5.73 Å². The maximum absolute atomic E-state index is 14.9. The van der Waals surface area contributed by atoms with Crippen molar-refractivity contribution in [2.75, 3.05) is 29.4 Å². The summed E-state index contributed by atoms with van der Waals surface area (Å²) in [7, 11) is 0. The summed E-state index contributed by atoms with van der Waals surface area (Å²) in [6, 6.07) is 10.5. The van der Waals surface area contributed by atoms with Gasteiger partial charge in [-0.3, -0.25) is 18.9 Å². The van der Waals surface area contributed by atoms with Gasteiger partial charge in [0.2, 0.25) is 0 Å². The van der Waals surface area contributed by atoms with Crippen molar-refractivity contribution in [3.8, 4) is 0 Å². The van der Waals surface area contributed by atoms with E-state index in [1.54, 1.807) is 48.9 Å². The van der Waals surface area contributed by atoms with E-state index in [2.05, 4.69) is 9.97 Å². The van der Waals surface area contributed by atoms with E-state index in [9.17, 15) is 27.2 Å². The van der Waals surface area contributed by atoms with Crippen molar-refractivity contribution in [1.82, 2.24) is 19.1 Å². The molecular formula is C30H31F4N7O2. The smallest absolute Gasteiger partial charge is 0.359 e. The quantitative estimate of drug-likeness (QED) is 0.324. The molecule has 226 valence electrons. The fourth-order valence-corrected chi connectivity index (χ4v) is 5.56. The summed E-state index contributed by atoms with van der Waals surface area (Å²) < 4.78 is 58.6. The van der Waals surface area contributed by atoms with Crippen LogP contribution in [0, 0.1) is 12.7 Å². The van der Waals surface area contributed by atoms with Gasteiger partial charge in [-0.05, 0) is 31.5 Å². The minimum Gasteiger partial charge on any atom is -0.359 e. The second kappa shape index (κ2) is 12.0. The van der Waals surface area contributed by atoms with Crippen molar-refractivity contribution in [1.29, 1.82) is 0 Å². The lowest BCUT2D eigenvalue weighted by Gasteiger charge is -2.42. The van der Waals surface area contributed by atoms with E-state index in [1.165, 1.54) is 6.92 Å². The molecule has 43 heavy (non-hydrogen) atoms. The number of aromatic nitrogens is 4. The molecule has 0 saturated carbocycles. The normalized spacial score (nSPS) is 16.4. The summed E-state index contributed by atoms with van der Waals surface area (Å²) in [5.41, 5.74) is 3.98. The predicted octanol–water partition coefficient (Wildman–Crippen LogP) is 3.73. The van der Waals surface area contributed by atoms with Gasteiger partial charge in [0.25, 0.3) is 5.56 Å². The number of benzene rings is 2. The van der Waals surface area contributed by atoms with Crippen molar-refractivity contribution in [3.63, 3.8) is 0 Å². The zero-order chi connectivity index (χ0) is 30.9. The van der Waals surface area contributed by atoms with E-state index < -0.39 is 47.0 Å². The average Bonchev–Trinajstić information content (AvgIpc) is 2.99. The largest absolute Gasteiger partial charge is 0.416 e. The molecule has 1 aliphatic rings. The van der Waals surface area contributed by atoms with Crippen LogP contribution < -0.4 is 26.8 Å². The van der Waals surface area contributed by atoms with Gasteiger partial charge in [0.15, 0.2) is 0 Å². The van der Waals surface area contributed by atoms with Crippen molar-refractivity contribution in [2.45, 2.75) is 45.2 Å². The number of nitrogens with zero attached hydrogens (tertiary/aromatic N) is 6. The number of halogens is 4. The van der Waals surface area contributed by atoms with Crippen LogP contribution in [0.3, 0.4) is 0 Å². The standard InChI is InChI=1S/C30H31F4N7O2/c1-19-16-38(26-15-36-11-12-37-26)13-14-39(19)27-20(2)40(17-22-23(30(32,33)34)9-6-10-24(22)31)29(43)41(28(27)42)18-25(35)21-7-4-3-5-8-21/h3-12,15,19,25H,13-14,16-18,35H2,1-2H3. The van der Waals surface area contributed by atoms with E-state index >= 15 is 0 Å². The lowest BCUT2D eigenvalue weighted by Crippen LogP contribution is -2.56. The molecule has 0 radical (unpaired) electrons. The summed E-state index contributed by atoms with van der Waals surface area (Å²) in [5, 5.41) is 0. The van der Waals surface area contributed by atoms with Crippen LogP contribution in [0.5, 0.6) is 0 Å². The van der Waals surface area contributed by atoms with E-state index in [0.717, 1.165) is 27.3 Å². The fraction of sp³-hybridized carbons (Fsp3) is 0.333. The number of nitrogens with two attached hydrogens (primary N) is 1. The number of anilines is 2. The highest BCUT2D eigenvalue weighted by Crippen LogP contribution is 2.34. The van der Waals surface area contributed by atoms with Crippen molar-refractivity contribution < 1.29 is 17.6 Å². The third-order valence-corrected chi connectivity index (χ3v) is 7.79. The SMILES string of the molecule is Cc1c(N2CCN(c3cnccn3)CC2C)c(=O)n(CC(N)c2ccccc2)c(=O)n1Cc1c(F)cccc1C(F)(F)F. The molecule has 0 bridgehead atoms. The molecule has 1 saturated heterocycles. The first-order valence-electron chi connectivity index (χ1n) is 13.7. The molecule has 1 fully saturated rings. The summed E-state index contributed by atoms with van der Waals surface area (Å²) >= 11 is 0. The van der Waals surface area contributed by atoms with Crippen LogP contribution in [0.25, 0.3) is 0 Å². The van der Waals surface area contributed by atoms with Crippen LogP contribution >= 0.6 is 0 Å². The monoisotopic (exact) mass is 597 g/mol. The number of hydrogen-bond acceptors (Lipinski definition) is 7. The molecule has 13 heteroatoms. The maximum Gasteiger partial charge on any atom is 0.416 e. The van der Waals surface area contributed by atoms with E-state index in [1.807, 2.05) is 16.7 Å². The molecule has 2 unspecified atom stereocenters. The number of piperazine rings is 1. The first-order valence-corrected chi connectivity index (χ1v) is 13.7. The summed E-state index contributed by atoms with van der Waals surface area (Å²) in [6.07, 6.45) is -0.0669. The molecule has 4 aromatic rings. The van der Waals surface area contributed by atoms with Gasteiger partial charge in [-0.15, -0.1) is 0 Å². The Kier molecular flexibility index (Phi) is 8.36. The third-order valence-electron chi connectivity index (χ3n) is 7.79. The van der Waals surface area contributed by atoms with E-state index in [-0.39, 0.29) is 24.0 Å². The zero-order valence-corrected chi connectivity index (χ0v) is 23.6. The van der Waals surface area contributed by atoms with Crippen LogP contribution in [0.4, 0.5) is 29.1 Å². The topological polar surface area (TPSA) is 102 Å². The summed E-state index contributed by atoms with van der Waals surface area (Å²) in [5.74, 6) is -0.437. The minimum atomic E-state index is -4.85. The molecule has 1 aliphatic heterocycles. The van der Waals surface area contributed by atoms with Crippen LogP contribution in [0.2, 0.25) is 0 Å². The molecule has 2 aromatic heterocycles. The Balaban J connectivity index is 1.62. The molecule has 9 nitrogen and oxygen atoms in total. The van der Waals surface area contributed by atoms with Gasteiger partial charge >= 0.3 is 11.9 Å². The fourth-order valence-electron chi connectivity index (χ4n) is 5.56. The molecule has 2 N–H and O–H groups in total. The molecular weight excluding hydrogens is 566 g/mol. The highest BCUT2D eigenvalue weighted by Gasteiger charge is 2.36. The van der Waals surface area contributed by atoms with Gasteiger partial charge in [-0.2, -0.15) is 13.2 Å². The molecule has 0 spiro atoms. The number of hydrogen-bond donors (Lipinski definition) is 1. The van der Waals surface area contributed by atoms with Gasteiger partial charge < -0.3 is 15.5 Å². The van der Waals surface area contributed by atoms with Crippen LogP contribution in [0.1, 0.15) is 35.3 Å². The molecule has 3 heterocycles. The van der Waals surface area contributed by atoms with Crippen LogP contribution in [-0.4, -0.2) is 44.8 Å². The minimum absolute atomic E-state index is 0.135. The number of rotatable bonds is 7. The van der Waals surface area contributed by atoms with Gasteiger partial charge in [-0.25, -0.2) is 14.2 Å². The van der Waals surface area contributed by atoms with Crippen molar-refractivity contribution >= 4 is 11.5 Å². The van der Waals surface area contributed by atoms with E-state index in [4.69, 9.17) is 5.73 Å². The van der Waals surface area contributed by atoms with Gasteiger partial charge in [0.1, 0.15) is 17.3 Å². The highest BCUT2D eigenvalue weighted by atomic mass is 19.4. The van der Waals surface area contributed by atoms with Gasteiger partial charge in [0.05, 0.1) is 24.8 Å². The highest BCUT2D eigenvalue weighted by molar-refractivity contribution is 5.53. The Hall–Kier alpha value is -4.52. The molecule has 2 atom stereocenters. The Labute approximate surface area is 244 Å². The maximum atomic E-state index is 14.9. The Morgan fingerprint density at radius 2 is 1.77 bits per heavy atom. The van der Waals surface area contributed by atoms with Gasteiger partial charge in [0, 0.05) is 55.4 Å². The van der Waals surface area contributed by atoms with Crippen LogP contribution in [0.15, 0.2) is 76.7 Å². The lowest BCUT2D eigenvalue weighted by molar-refractivity contribution is -0.138. The average molecular weight is 598 g/mol. The zero-order valence-electron chi connectivity index (χ0n) is 23.6. The first kappa shape index (κ1) is 30.0. The second-order valence-electron chi connectivity index (χ2n) is 10.6. The van der Waals surface area contributed by atoms with E-state index in [0.29, 0.717) is 31.0 Å². The molecule has 5 rings (SSSR count). The molecule has 0 amide bonds. The van der Waals surface area contributed by atoms with Crippen molar-refractivity contribution in [3.05, 3.63) is 116 Å². The van der Waals surface area contributed by atoms with Crippen LogP contribution in [-0.2, 0) is 19.3 Å². The summed E-state index contributed by atoms with van der Waals surface area (Å²) in [4.78, 5) is 40.2. The Bertz CT molecular complexity index is 1710. The summed E-state index contributed by atoms with van der Waals surface area (Å²) in [6.45, 7) is 3.72. The second-order valence-corrected chi connectivity index (χ2v) is 10.6. The number of alkyl halides is 3. The Morgan fingerprint density at radius 1 is 1.02 bits per heavy atom. The van der Waals surface area contributed by atoms with Gasteiger partial charge in [-0.1, -0.05) is 36.4 Å². The first-order chi connectivity index (χ1) is 20.5. The molecule has 2 aromatic carbocycles. The molecule has 0 aliphatic carbocycles.